The lowest BCUT2D eigenvalue weighted by Crippen LogP contribution is -2.48. The van der Waals surface area contributed by atoms with Crippen molar-refractivity contribution in [2.75, 3.05) is 13.7 Å². The number of hydrogen-bond acceptors (Lipinski definition) is 6. The topological polar surface area (TPSA) is 82.4 Å². The highest BCUT2D eigenvalue weighted by Gasteiger charge is 2.40. The molecule has 0 radical (unpaired) electrons. The molecule has 2 N–H and O–H groups in total. The molecule has 0 aromatic heterocycles. The molecular weight excluding hydrogens is 449 g/mol. The van der Waals surface area contributed by atoms with Gasteiger partial charge in [-0.05, 0) is 68.2 Å². The Bertz CT molecular complexity index is 1120. The lowest BCUT2D eigenvalue weighted by molar-refractivity contribution is -0.134. The first-order valence-corrected chi connectivity index (χ1v) is 10.7. The minimum atomic E-state index is -1.66. The number of carbonyl (C=O) groups is 1. The van der Waals surface area contributed by atoms with Gasteiger partial charge in [-0.25, -0.2) is 18.0 Å². The van der Waals surface area contributed by atoms with Crippen LogP contribution in [0.15, 0.2) is 35.5 Å². The summed E-state index contributed by atoms with van der Waals surface area (Å²) >= 11 is 0. The summed E-state index contributed by atoms with van der Waals surface area (Å²) in [5.74, 6) is -2.57. The fraction of sp³-hybridized carbons (Fsp3) is 0.360. The van der Waals surface area contributed by atoms with E-state index in [4.69, 9.17) is 5.21 Å². The van der Waals surface area contributed by atoms with E-state index >= 15 is 8.78 Å². The number of oxime groups is 1. The molecule has 0 aliphatic carbocycles. The number of esters is 1. The van der Waals surface area contributed by atoms with Gasteiger partial charge in [-0.15, -0.1) is 0 Å². The summed E-state index contributed by atoms with van der Waals surface area (Å²) in [5.41, 5.74) is -0.585. The number of halogens is 3. The fourth-order valence-corrected chi connectivity index (χ4v) is 4.40. The van der Waals surface area contributed by atoms with Gasteiger partial charge in [0.1, 0.15) is 23.1 Å². The van der Waals surface area contributed by atoms with Crippen molar-refractivity contribution in [2.24, 2.45) is 5.16 Å². The van der Waals surface area contributed by atoms with Gasteiger partial charge in [0, 0.05) is 29.8 Å². The second-order valence-electron chi connectivity index (χ2n) is 8.91. The SMILES string of the molecule is COC(=O)/C=C/c1cc(F)c(C2c3ccc(O)c(C=NO)c3CC(C)N2CC(C)(C)F)c(F)c1. The minimum absolute atomic E-state index is 0.106. The second kappa shape index (κ2) is 9.89. The largest absolute Gasteiger partial charge is 0.507 e. The summed E-state index contributed by atoms with van der Waals surface area (Å²) in [7, 11) is 1.19. The molecule has 0 saturated carbocycles. The van der Waals surface area contributed by atoms with Crippen LogP contribution in [0.2, 0.25) is 0 Å². The van der Waals surface area contributed by atoms with E-state index in [0.29, 0.717) is 17.5 Å². The zero-order valence-corrected chi connectivity index (χ0v) is 19.3. The molecule has 0 fully saturated rings. The molecule has 34 heavy (non-hydrogen) atoms. The highest BCUT2D eigenvalue weighted by atomic mass is 19.1. The van der Waals surface area contributed by atoms with Crippen molar-refractivity contribution >= 4 is 18.3 Å². The Hall–Kier alpha value is -3.33. The van der Waals surface area contributed by atoms with Crippen LogP contribution in [0.25, 0.3) is 6.08 Å². The normalized spacial score (nSPS) is 19.0. The number of carbonyl (C=O) groups excluding carboxylic acids is 1. The van der Waals surface area contributed by atoms with E-state index in [0.717, 1.165) is 24.4 Å². The van der Waals surface area contributed by atoms with Crippen LogP contribution in [-0.2, 0) is 16.0 Å². The van der Waals surface area contributed by atoms with Gasteiger partial charge in [-0.3, -0.25) is 4.90 Å². The monoisotopic (exact) mass is 476 g/mol. The standard InChI is InChI=1S/C25H27F3N2O4/c1-14-9-17-16(6-7-21(31)18(17)12-29-33)24(30(14)13-25(2,3)28)23-19(26)10-15(11-20(23)27)5-8-22(32)34-4/h5-8,10-12,14,24,31,33H,9,13H2,1-4H3/b8-5+,29-12?. The number of alkyl halides is 1. The van der Waals surface area contributed by atoms with Gasteiger partial charge >= 0.3 is 5.97 Å². The number of nitrogens with zero attached hydrogens (tertiary/aromatic N) is 2. The van der Waals surface area contributed by atoms with Crippen LogP contribution in [0.1, 0.15) is 54.6 Å². The van der Waals surface area contributed by atoms with E-state index in [9.17, 15) is 14.3 Å². The molecule has 0 amide bonds. The second-order valence-corrected chi connectivity index (χ2v) is 8.91. The fourth-order valence-electron chi connectivity index (χ4n) is 4.40. The quantitative estimate of drug-likeness (QED) is 0.207. The molecule has 9 heteroatoms. The summed E-state index contributed by atoms with van der Waals surface area (Å²) in [6.45, 7) is 4.47. The van der Waals surface area contributed by atoms with Crippen molar-refractivity contribution in [3.8, 4) is 5.75 Å². The molecule has 3 rings (SSSR count). The number of aromatic hydroxyl groups is 1. The molecule has 0 saturated heterocycles. The van der Waals surface area contributed by atoms with Gasteiger partial charge in [0.05, 0.1) is 19.4 Å². The Balaban J connectivity index is 2.23. The highest BCUT2D eigenvalue weighted by Crippen LogP contribution is 2.43. The summed E-state index contributed by atoms with van der Waals surface area (Å²) in [6, 6.07) is 3.69. The van der Waals surface area contributed by atoms with E-state index in [-0.39, 0.29) is 35.0 Å². The molecule has 0 spiro atoms. The number of ether oxygens (including phenoxy) is 1. The zero-order chi connectivity index (χ0) is 25.2. The molecule has 2 unspecified atom stereocenters. The van der Waals surface area contributed by atoms with Crippen molar-refractivity contribution in [1.82, 2.24) is 4.90 Å². The zero-order valence-electron chi connectivity index (χ0n) is 19.3. The van der Waals surface area contributed by atoms with Crippen molar-refractivity contribution in [1.29, 1.82) is 0 Å². The van der Waals surface area contributed by atoms with Crippen molar-refractivity contribution < 1.29 is 33.0 Å². The summed E-state index contributed by atoms with van der Waals surface area (Å²) in [5, 5.41) is 22.4. The average molecular weight is 476 g/mol. The number of fused-ring (bicyclic) bond motifs is 1. The van der Waals surface area contributed by atoms with Crippen LogP contribution in [0.3, 0.4) is 0 Å². The van der Waals surface area contributed by atoms with Crippen LogP contribution < -0.4 is 0 Å². The van der Waals surface area contributed by atoms with Gasteiger partial charge in [0.2, 0.25) is 0 Å². The van der Waals surface area contributed by atoms with Crippen LogP contribution in [0, 0.1) is 11.6 Å². The predicted molar refractivity (Wildman–Crippen MR) is 122 cm³/mol. The first-order chi connectivity index (χ1) is 16.0. The maximum Gasteiger partial charge on any atom is 0.330 e. The van der Waals surface area contributed by atoms with E-state index in [2.05, 4.69) is 9.89 Å². The molecule has 182 valence electrons. The van der Waals surface area contributed by atoms with E-state index in [1.54, 1.807) is 11.8 Å². The number of phenols is 1. The molecule has 2 aromatic rings. The van der Waals surface area contributed by atoms with Crippen molar-refractivity contribution in [3.63, 3.8) is 0 Å². The molecule has 1 heterocycles. The summed E-state index contributed by atoms with van der Waals surface area (Å²) < 4.78 is 50.1. The number of rotatable bonds is 6. The lowest BCUT2D eigenvalue weighted by Gasteiger charge is -2.44. The van der Waals surface area contributed by atoms with Gasteiger partial charge in [0.15, 0.2) is 0 Å². The smallest absolute Gasteiger partial charge is 0.330 e. The first kappa shape index (κ1) is 25.3. The van der Waals surface area contributed by atoms with Crippen molar-refractivity contribution in [2.45, 2.75) is 44.9 Å². The maximum atomic E-state index is 15.4. The van der Waals surface area contributed by atoms with Crippen LogP contribution in [0.4, 0.5) is 13.2 Å². The van der Waals surface area contributed by atoms with Crippen LogP contribution >= 0.6 is 0 Å². The number of hydrogen-bond donors (Lipinski definition) is 2. The average Bonchev–Trinajstić information content (AvgIpc) is 2.75. The minimum Gasteiger partial charge on any atom is -0.507 e. The third kappa shape index (κ3) is 5.25. The predicted octanol–water partition coefficient (Wildman–Crippen LogP) is 4.75. The molecule has 6 nitrogen and oxygen atoms in total. The van der Waals surface area contributed by atoms with E-state index in [1.807, 2.05) is 0 Å². The Morgan fingerprint density at radius 2 is 1.94 bits per heavy atom. The lowest BCUT2D eigenvalue weighted by atomic mass is 9.81. The Morgan fingerprint density at radius 3 is 2.50 bits per heavy atom. The van der Waals surface area contributed by atoms with E-state index in [1.165, 1.54) is 39.2 Å². The summed E-state index contributed by atoms with van der Waals surface area (Å²) in [6.07, 6.45) is 3.68. The maximum absolute atomic E-state index is 15.4. The van der Waals surface area contributed by atoms with Crippen molar-refractivity contribution in [3.05, 3.63) is 69.8 Å². The van der Waals surface area contributed by atoms with Crippen LogP contribution in [-0.4, -0.2) is 52.8 Å². The Labute approximate surface area is 196 Å². The summed E-state index contributed by atoms with van der Waals surface area (Å²) in [4.78, 5) is 13.0. The van der Waals surface area contributed by atoms with E-state index < -0.39 is 29.3 Å². The molecule has 2 atom stereocenters. The Morgan fingerprint density at radius 1 is 1.29 bits per heavy atom. The number of methoxy groups -OCH3 is 1. The van der Waals surface area contributed by atoms with Gasteiger partial charge in [-0.2, -0.15) is 0 Å². The Kier molecular flexibility index (Phi) is 7.35. The molecule has 1 aliphatic rings. The third-order valence-corrected chi connectivity index (χ3v) is 5.80. The highest BCUT2D eigenvalue weighted by molar-refractivity contribution is 5.87. The van der Waals surface area contributed by atoms with Gasteiger partial charge in [0.25, 0.3) is 0 Å². The molecule has 2 aromatic carbocycles. The molecular formula is C25H27F3N2O4. The van der Waals surface area contributed by atoms with Crippen LogP contribution in [0.5, 0.6) is 5.75 Å². The first-order valence-electron chi connectivity index (χ1n) is 10.7. The van der Waals surface area contributed by atoms with Gasteiger partial charge < -0.3 is 15.1 Å². The van der Waals surface area contributed by atoms with Gasteiger partial charge in [-0.1, -0.05) is 11.2 Å². The molecule has 0 bridgehead atoms. The third-order valence-electron chi connectivity index (χ3n) is 5.80. The number of phenolic OH excluding ortho intramolecular Hbond substituents is 1. The number of benzene rings is 2. The molecule has 1 aliphatic heterocycles.